The van der Waals surface area contributed by atoms with E-state index in [1.165, 1.54) is 7.11 Å². The van der Waals surface area contributed by atoms with E-state index < -0.39 is 11.9 Å². The van der Waals surface area contributed by atoms with Crippen LogP contribution in [0.2, 0.25) is 0 Å². The molecule has 1 saturated heterocycles. The van der Waals surface area contributed by atoms with Gasteiger partial charge in [-0.1, -0.05) is 12.1 Å². The van der Waals surface area contributed by atoms with Gasteiger partial charge in [0.1, 0.15) is 5.75 Å². The molecule has 3 rings (SSSR count). The van der Waals surface area contributed by atoms with Gasteiger partial charge < -0.3 is 19.7 Å². The number of ether oxygens (including phenoxy) is 2. The van der Waals surface area contributed by atoms with Gasteiger partial charge in [0.05, 0.1) is 30.9 Å². The summed E-state index contributed by atoms with van der Waals surface area (Å²) < 4.78 is 10.2. The summed E-state index contributed by atoms with van der Waals surface area (Å²) in [4.78, 5) is 38.5. The lowest BCUT2D eigenvalue weighted by Gasteiger charge is -2.17. The second-order valence-electron chi connectivity index (χ2n) is 6.36. The predicted octanol–water partition coefficient (Wildman–Crippen LogP) is 2.86. The van der Waals surface area contributed by atoms with E-state index in [1.54, 1.807) is 53.4 Å². The molecule has 0 aliphatic carbocycles. The molecule has 1 heterocycles. The van der Waals surface area contributed by atoms with Gasteiger partial charge in [-0.05, 0) is 43.3 Å². The quantitative estimate of drug-likeness (QED) is 0.777. The van der Waals surface area contributed by atoms with Crippen LogP contribution in [0.3, 0.4) is 0 Å². The summed E-state index contributed by atoms with van der Waals surface area (Å²) in [7, 11) is 1.28. The number of para-hydroxylation sites is 1. The van der Waals surface area contributed by atoms with E-state index in [1.807, 2.05) is 6.92 Å². The van der Waals surface area contributed by atoms with Crippen molar-refractivity contribution in [2.24, 2.45) is 5.92 Å². The molecule has 0 radical (unpaired) electrons. The highest BCUT2D eigenvalue weighted by Gasteiger charge is 2.35. The topological polar surface area (TPSA) is 84.9 Å². The molecule has 1 fully saturated rings. The highest BCUT2D eigenvalue weighted by molar-refractivity contribution is 6.06. The second kappa shape index (κ2) is 8.56. The number of benzene rings is 2. The lowest BCUT2D eigenvalue weighted by atomic mass is 10.1. The predicted molar refractivity (Wildman–Crippen MR) is 104 cm³/mol. The molecule has 0 unspecified atom stereocenters. The third-order valence-electron chi connectivity index (χ3n) is 4.55. The van der Waals surface area contributed by atoms with Crippen molar-refractivity contribution in [3.8, 4) is 5.75 Å². The fourth-order valence-corrected chi connectivity index (χ4v) is 3.14. The molecule has 1 N–H and O–H groups in total. The van der Waals surface area contributed by atoms with Gasteiger partial charge in [0.2, 0.25) is 11.8 Å². The average Bonchev–Trinajstić information content (AvgIpc) is 3.10. The van der Waals surface area contributed by atoms with Crippen molar-refractivity contribution in [3.63, 3.8) is 0 Å². The molecule has 1 atom stereocenters. The number of nitrogens with zero attached hydrogens (tertiary/aromatic N) is 1. The minimum atomic E-state index is -0.533. The standard InChI is InChI=1S/C21H22N2O5/c1-3-28-16-10-8-15(9-11-16)23-13-14(12-19(23)24)20(25)22-18-7-5-4-6-17(18)21(26)27-2/h4-11,14H,3,12-13H2,1-2H3,(H,22,25)/t14-/m0/s1. The van der Waals surface area contributed by atoms with Crippen molar-refractivity contribution in [2.45, 2.75) is 13.3 Å². The number of carbonyl (C=O) groups is 3. The Kier molecular flexibility index (Phi) is 5.93. The van der Waals surface area contributed by atoms with Crippen LogP contribution in [0.15, 0.2) is 48.5 Å². The zero-order chi connectivity index (χ0) is 20.1. The summed E-state index contributed by atoms with van der Waals surface area (Å²) in [6.45, 7) is 2.75. The van der Waals surface area contributed by atoms with Gasteiger partial charge in [-0.2, -0.15) is 0 Å². The third kappa shape index (κ3) is 4.14. The van der Waals surface area contributed by atoms with E-state index in [0.717, 1.165) is 11.4 Å². The van der Waals surface area contributed by atoms with Crippen molar-refractivity contribution in [2.75, 3.05) is 30.5 Å². The summed E-state index contributed by atoms with van der Waals surface area (Å²) in [5, 5.41) is 2.75. The van der Waals surface area contributed by atoms with Crippen LogP contribution in [-0.4, -0.2) is 38.0 Å². The highest BCUT2D eigenvalue weighted by atomic mass is 16.5. The number of esters is 1. The Balaban J connectivity index is 1.70. The van der Waals surface area contributed by atoms with Crippen LogP contribution in [-0.2, 0) is 14.3 Å². The molecule has 2 aromatic rings. The zero-order valence-electron chi connectivity index (χ0n) is 15.8. The van der Waals surface area contributed by atoms with E-state index in [0.29, 0.717) is 12.3 Å². The van der Waals surface area contributed by atoms with Crippen LogP contribution in [0.1, 0.15) is 23.7 Å². The largest absolute Gasteiger partial charge is 0.494 e. The first-order chi connectivity index (χ1) is 13.5. The van der Waals surface area contributed by atoms with Gasteiger partial charge in [-0.15, -0.1) is 0 Å². The molecule has 2 aromatic carbocycles. The molecule has 1 aliphatic heterocycles. The van der Waals surface area contributed by atoms with Crippen molar-refractivity contribution in [1.29, 1.82) is 0 Å². The minimum absolute atomic E-state index is 0.111. The Morgan fingerprint density at radius 3 is 2.54 bits per heavy atom. The smallest absolute Gasteiger partial charge is 0.339 e. The summed E-state index contributed by atoms with van der Waals surface area (Å²) >= 11 is 0. The minimum Gasteiger partial charge on any atom is -0.494 e. The summed E-state index contributed by atoms with van der Waals surface area (Å²) in [5.41, 5.74) is 1.36. The Hall–Kier alpha value is -3.35. The maximum Gasteiger partial charge on any atom is 0.339 e. The van der Waals surface area contributed by atoms with E-state index in [-0.39, 0.29) is 30.3 Å². The number of amides is 2. The molecular weight excluding hydrogens is 360 g/mol. The number of hydrogen-bond acceptors (Lipinski definition) is 5. The molecule has 146 valence electrons. The van der Waals surface area contributed by atoms with Gasteiger partial charge >= 0.3 is 5.97 Å². The molecule has 7 heteroatoms. The van der Waals surface area contributed by atoms with Gasteiger partial charge in [-0.3, -0.25) is 9.59 Å². The molecule has 2 amide bonds. The number of hydrogen-bond donors (Lipinski definition) is 1. The van der Waals surface area contributed by atoms with Crippen molar-refractivity contribution in [3.05, 3.63) is 54.1 Å². The highest BCUT2D eigenvalue weighted by Crippen LogP contribution is 2.28. The maximum atomic E-state index is 12.7. The van der Waals surface area contributed by atoms with Crippen LogP contribution in [0.4, 0.5) is 11.4 Å². The van der Waals surface area contributed by atoms with E-state index >= 15 is 0 Å². The zero-order valence-corrected chi connectivity index (χ0v) is 15.8. The number of carbonyl (C=O) groups excluding carboxylic acids is 3. The first kappa shape index (κ1) is 19.4. The normalized spacial score (nSPS) is 16.0. The maximum absolute atomic E-state index is 12.7. The number of nitrogens with one attached hydrogen (secondary N) is 1. The second-order valence-corrected chi connectivity index (χ2v) is 6.36. The lowest BCUT2D eigenvalue weighted by Crippen LogP contribution is -2.28. The Labute approximate surface area is 163 Å². The number of rotatable bonds is 6. The van der Waals surface area contributed by atoms with Crippen LogP contribution in [0.25, 0.3) is 0 Å². The first-order valence-corrected chi connectivity index (χ1v) is 9.05. The van der Waals surface area contributed by atoms with E-state index in [2.05, 4.69) is 5.32 Å². The Morgan fingerprint density at radius 2 is 1.86 bits per heavy atom. The Morgan fingerprint density at radius 1 is 1.14 bits per heavy atom. The molecule has 1 aliphatic rings. The molecular formula is C21H22N2O5. The lowest BCUT2D eigenvalue weighted by molar-refractivity contribution is -0.122. The number of methoxy groups -OCH3 is 1. The van der Waals surface area contributed by atoms with Crippen molar-refractivity contribution < 1.29 is 23.9 Å². The summed E-state index contributed by atoms with van der Waals surface area (Å²) in [5.74, 6) is -0.741. The molecule has 0 bridgehead atoms. The van der Waals surface area contributed by atoms with Crippen molar-refractivity contribution >= 4 is 29.2 Å². The molecule has 0 saturated carbocycles. The van der Waals surface area contributed by atoms with Gasteiger partial charge in [-0.25, -0.2) is 4.79 Å². The first-order valence-electron chi connectivity index (χ1n) is 9.05. The van der Waals surface area contributed by atoms with Gasteiger partial charge in [0.15, 0.2) is 0 Å². The van der Waals surface area contributed by atoms with Crippen LogP contribution >= 0.6 is 0 Å². The van der Waals surface area contributed by atoms with Crippen molar-refractivity contribution in [1.82, 2.24) is 0 Å². The molecule has 7 nitrogen and oxygen atoms in total. The third-order valence-corrected chi connectivity index (χ3v) is 4.55. The monoisotopic (exact) mass is 382 g/mol. The van der Waals surface area contributed by atoms with E-state index in [4.69, 9.17) is 9.47 Å². The molecule has 0 spiro atoms. The number of anilines is 2. The van der Waals surface area contributed by atoms with Gasteiger partial charge in [0.25, 0.3) is 0 Å². The SMILES string of the molecule is CCOc1ccc(N2C[C@@H](C(=O)Nc3ccccc3C(=O)OC)CC2=O)cc1. The fraction of sp³-hybridized carbons (Fsp3) is 0.286. The van der Waals surface area contributed by atoms with E-state index in [9.17, 15) is 14.4 Å². The molecule has 0 aromatic heterocycles. The summed E-state index contributed by atoms with van der Waals surface area (Å²) in [6, 6.07) is 13.8. The van der Waals surface area contributed by atoms with Crippen LogP contribution < -0.4 is 15.0 Å². The van der Waals surface area contributed by atoms with Crippen LogP contribution in [0, 0.1) is 5.92 Å². The van der Waals surface area contributed by atoms with Gasteiger partial charge in [0, 0.05) is 18.7 Å². The fourth-order valence-electron chi connectivity index (χ4n) is 3.14. The average molecular weight is 382 g/mol. The Bertz CT molecular complexity index is 879. The summed E-state index contributed by atoms with van der Waals surface area (Å²) in [6.07, 6.45) is 0.111. The van der Waals surface area contributed by atoms with Crippen LogP contribution in [0.5, 0.6) is 5.75 Å². The molecule has 28 heavy (non-hydrogen) atoms.